The van der Waals surface area contributed by atoms with Crippen molar-refractivity contribution < 1.29 is 0 Å². The monoisotopic (exact) mass is 197 g/mol. The third-order valence-corrected chi connectivity index (χ3v) is 2.79. The second kappa shape index (κ2) is 3.65. The largest absolute Gasteiger partial charge is 0.291 e. The van der Waals surface area contributed by atoms with Gasteiger partial charge in [0.1, 0.15) is 6.17 Å². The zero-order chi connectivity index (χ0) is 10.1. The van der Waals surface area contributed by atoms with Crippen LogP contribution in [0.1, 0.15) is 5.56 Å². The zero-order valence-corrected chi connectivity index (χ0v) is 8.46. The van der Waals surface area contributed by atoms with Crippen LogP contribution in [0.3, 0.4) is 0 Å². The van der Waals surface area contributed by atoms with Crippen LogP contribution >= 0.6 is 0 Å². The molecule has 1 radical (unpaired) electrons. The van der Waals surface area contributed by atoms with Gasteiger partial charge < -0.3 is 0 Å². The lowest BCUT2D eigenvalue weighted by molar-refractivity contribution is 0.816. The van der Waals surface area contributed by atoms with Gasteiger partial charge in [0.2, 0.25) is 0 Å². The lowest BCUT2D eigenvalue weighted by atomic mass is 10.0. The maximum atomic E-state index is 3.37. The average Bonchev–Trinajstić information content (AvgIpc) is 2.82. The maximum absolute atomic E-state index is 3.37. The van der Waals surface area contributed by atoms with E-state index in [9.17, 15) is 0 Å². The minimum atomic E-state index is 1.01. The van der Waals surface area contributed by atoms with Crippen molar-refractivity contribution in [1.29, 1.82) is 0 Å². The van der Waals surface area contributed by atoms with E-state index in [0.29, 0.717) is 0 Å². The first-order valence-corrected chi connectivity index (χ1v) is 5.28. The fraction of sp³-hybridized carbons (Fsp3) is 0.154. The number of rotatable bonds is 1. The molecule has 0 atom stereocenters. The number of nitrogens with one attached hydrogen (secondary N) is 2. The second-order valence-corrected chi connectivity index (χ2v) is 3.76. The van der Waals surface area contributed by atoms with Crippen LogP contribution in [0.25, 0.3) is 10.8 Å². The van der Waals surface area contributed by atoms with Crippen LogP contribution in [-0.4, -0.2) is 13.1 Å². The van der Waals surface area contributed by atoms with Gasteiger partial charge in [0.25, 0.3) is 0 Å². The molecule has 3 rings (SSSR count). The SMILES string of the molecule is c1ccc2c([C]3NCCN3)cccc2c1. The Morgan fingerprint density at radius 1 is 0.800 bits per heavy atom. The van der Waals surface area contributed by atoms with Crippen molar-refractivity contribution in [2.24, 2.45) is 0 Å². The van der Waals surface area contributed by atoms with Gasteiger partial charge in [-0.25, -0.2) is 0 Å². The molecule has 0 aromatic heterocycles. The Hall–Kier alpha value is -1.38. The molecule has 1 heterocycles. The van der Waals surface area contributed by atoms with Crippen LogP contribution in [0.4, 0.5) is 0 Å². The first kappa shape index (κ1) is 8.89. The van der Waals surface area contributed by atoms with E-state index in [2.05, 4.69) is 53.1 Å². The smallest absolute Gasteiger partial charge is 0.132 e. The van der Waals surface area contributed by atoms with E-state index in [-0.39, 0.29) is 0 Å². The zero-order valence-electron chi connectivity index (χ0n) is 8.46. The molecule has 15 heavy (non-hydrogen) atoms. The van der Waals surface area contributed by atoms with E-state index in [1.165, 1.54) is 16.3 Å². The van der Waals surface area contributed by atoms with Crippen LogP contribution in [0.5, 0.6) is 0 Å². The lowest BCUT2D eigenvalue weighted by Crippen LogP contribution is -2.22. The van der Waals surface area contributed by atoms with Crippen molar-refractivity contribution in [2.45, 2.75) is 0 Å². The molecular weight excluding hydrogens is 184 g/mol. The molecule has 2 aromatic rings. The molecule has 0 bridgehead atoms. The van der Waals surface area contributed by atoms with Gasteiger partial charge in [-0.05, 0) is 16.3 Å². The average molecular weight is 197 g/mol. The highest BCUT2D eigenvalue weighted by Crippen LogP contribution is 2.23. The van der Waals surface area contributed by atoms with Crippen molar-refractivity contribution in [2.75, 3.05) is 13.1 Å². The van der Waals surface area contributed by atoms with E-state index in [1.54, 1.807) is 0 Å². The molecule has 0 spiro atoms. The summed E-state index contributed by atoms with van der Waals surface area (Å²) in [6.45, 7) is 2.02. The van der Waals surface area contributed by atoms with Crippen LogP contribution in [-0.2, 0) is 0 Å². The molecule has 2 aromatic carbocycles. The summed E-state index contributed by atoms with van der Waals surface area (Å²) in [5.41, 5.74) is 1.27. The van der Waals surface area contributed by atoms with Crippen LogP contribution in [0.15, 0.2) is 42.5 Å². The van der Waals surface area contributed by atoms with Crippen LogP contribution in [0, 0.1) is 6.17 Å². The van der Waals surface area contributed by atoms with Gasteiger partial charge in [-0.3, -0.25) is 10.6 Å². The van der Waals surface area contributed by atoms with E-state index >= 15 is 0 Å². The Balaban J connectivity index is 2.16. The summed E-state index contributed by atoms with van der Waals surface area (Å²) in [4.78, 5) is 0. The molecule has 0 saturated carbocycles. The summed E-state index contributed by atoms with van der Waals surface area (Å²) in [5.74, 6) is 0. The summed E-state index contributed by atoms with van der Waals surface area (Å²) >= 11 is 0. The third kappa shape index (κ3) is 1.52. The summed E-state index contributed by atoms with van der Waals surface area (Å²) in [5, 5.41) is 9.33. The lowest BCUT2D eigenvalue weighted by Gasteiger charge is -2.12. The topological polar surface area (TPSA) is 24.1 Å². The summed E-state index contributed by atoms with van der Waals surface area (Å²) in [6.07, 6.45) is 1.16. The van der Waals surface area contributed by atoms with Gasteiger partial charge in [0, 0.05) is 13.1 Å². The molecule has 1 aliphatic heterocycles. The highest BCUT2D eigenvalue weighted by Gasteiger charge is 2.18. The van der Waals surface area contributed by atoms with Crippen molar-refractivity contribution in [3.63, 3.8) is 0 Å². The molecule has 2 nitrogen and oxygen atoms in total. The molecule has 2 heteroatoms. The van der Waals surface area contributed by atoms with Gasteiger partial charge in [-0.2, -0.15) is 0 Å². The minimum Gasteiger partial charge on any atom is -0.291 e. The van der Waals surface area contributed by atoms with Crippen LogP contribution < -0.4 is 10.6 Å². The van der Waals surface area contributed by atoms with Gasteiger partial charge in [-0.15, -0.1) is 0 Å². The number of benzene rings is 2. The van der Waals surface area contributed by atoms with Gasteiger partial charge in [-0.1, -0.05) is 42.5 Å². The number of hydrogen-bond donors (Lipinski definition) is 2. The fourth-order valence-corrected chi connectivity index (χ4v) is 2.07. The Labute approximate surface area is 89.3 Å². The number of fused-ring (bicyclic) bond motifs is 1. The molecule has 0 aliphatic carbocycles. The quantitative estimate of drug-likeness (QED) is 0.729. The van der Waals surface area contributed by atoms with Gasteiger partial charge in [0.15, 0.2) is 0 Å². The van der Waals surface area contributed by atoms with Crippen LogP contribution in [0.2, 0.25) is 0 Å². The molecule has 1 fully saturated rings. The minimum absolute atomic E-state index is 1.01. The normalized spacial score (nSPS) is 17.3. The fourth-order valence-electron chi connectivity index (χ4n) is 2.07. The molecule has 2 N–H and O–H groups in total. The third-order valence-electron chi connectivity index (χ3n) is 2.79. The highest BCUT2D eigenvalue weighted by molar-refractivity contribution is 5.87. The van der Waals surface area contributed by atoms with E-state index in [1.807, 2.05) is 0 Å². The predicted octanol–water partition coefficient (Wildman–Crippen LogP) is 1.87. The Morgan fingerprint density at radius 2 is 1.53 bits per heavy atom. The molecule has 75 valence electrons. The van der Waals surface area contributed by atoms with E-state index in [0.717, 1.165) is 19.3 Å². The summed E-state index contributed by atoms with van der Waals surface area (Å²) in [6, 6.07) is 14.9. The van der Waals surface area contributed by atoms with Crippen molar-refractivity contribution in [3.05, 3.63) is 54.2 Å². The predicted molar refractivity (Wildman–Crippen MR) is 62.3 cm³/mol. The Kier molecular flexibility index (Phi) is 2.16. The first-order valence-electron chi connectivity index (χ1n) is 5.28. The molecule has 1 saturated heterocycles. The Morgan fingerprint density at radius 3 is 2.40 bits per heavy atom. The van der Waals surface area contributed by atoms with Crippen molar-refractivity contribution in [3.8, 4) is 0 Å². The maximum Gasteiger partial charge on any atom is 0.132 e. The van der Waals surface area contributed by atoms with E-state index < -0.39 is 0 Å². The second-order valence-electron chi connectivity index (χ2n) is 3.76. The number of hydrogen-bond acceptors (Lipinski definition) is 2. The van der Waals surface area contributed by atoms with Crippen molar-refractivity contribution >= 4 is 10.8 Å². The highest BCUT2D eigenvalue weighted by atomic mass is 15.2. The summed E-state index contributed by atoms with van der Waals surface area (Å²) < 4.78 is 0. The molecule has 1 aliphatic rings. The van der Waals surface area contributed by atoms with Gasteiger partial charge >= 0.3 is 0 Å². The molecule has 0 amide bonds. The first-order chi connectivity index (χ1) is 7.45. The Bertz CT molecular complexity index is 467. The molecule has 0 unspecified atom stereocenters. The van der Waals surface area contributed by atoms with Crippen molar-refractivity contribution in [1.82, 2.24) is 10.6 Å². The summed E-state index contributed by atoms with van der Waals surface area (Å²) in [7, 11) is 0. The van der Waals surface area contributed by atoms with E-state index in [4.69, 9.17) is 0 Å². The van der Waals surface area contributed by atoms with Gasteiger partial charge in [0.05, 0.1) is 0 Å². The standard InChI is InChI=1S/C13H13N2/c1-2-6-11-10(4-1)5-3-7-12(11)13-14-8-9-15-13/h1-7,14-15H,8-9H2. The molecular formula is C13H13N2.